The van der Waals surface area contributed by atoms with E-state index in [0.29, 0.717) is 0 Å². The first-order valence-electron chi connectivity index (χ1n) is 8.92. The van der Waals surface area contributed by atoms with E-state index in [1.807, 2.05) is 20.8 Å². The molecule has 0 unspecified atom stereocenters. The molecule has 0 aliphatic heterocycles. The Morgan fingerprint density at radius 3 is 2.27 bits per heavy atom. The molecule has 0 radical (unpaired) electrons. The van der Waals surface area contributed by atoms with Crippen LogP contribution >= 0.6 is 11.6 Å². The molecule has 0 aliphatic rings. The smallest absolute Gasteiger partial charge is 0.261 e. The Balaban J connectivity index is 1.97. The molecule has 0 fully saturated rings. The maximum Gasteiger partial charge on any atom is 0.261 e. The van der Waals surface area contributed by atoms with Gasteiger partial charge < -0.3 is 0 Å². The minimum atomic E-state index is -4.01. The third kappa shape index (κ3) is 4.83. The first kappa shape index (κ1) is 21.9. The third-order valence-electron chi connectivity index (χ3n) is 4.33. The van der Waals surface area contributed by atoms with E-state index in [4.69, 9.17) is 11.6 Å². The zero-order valence-electron chi connectivity index (χ0n) is 16.5. The van der Waals surface area contributed by atoms with Crippen LogP contribution < -0.4 is 4.72 Å². The summed E-state index contributed by atoms with van der Waals surface area (Å²) in [6, 6.07) is 10.0. The normalized spacial score (nSPS) is 11.9. The zero-order chi connectivity index (χ0) is 22.1. The highest BCUT2D eigenvalue weighted by Gasteiger charge is 2.22. The summed E-state index contributed by atoms with van der Waals surface area (Å²) < 4.78 is 41.2. The SMILES string of the molecule is CC(C)(C)c1ccc(S(=O)(=O)Nc2cc(Cl)cnc2C(=O)c2ccc(F)nc2)cc1. The summed E-state index contributed by atoms with van der Waals surface area (Å²) in [5.74, 6) is -1.37. The van der Waals surface area contributed by atoms with Gasteiger partial charge in [-0.2, -0.15) is 4.39 Å². The summed E-state index contributed by atoms with van der Waals surface area (Å²) in [6.45, 7) is 6.07. The fourth-order valence-corrected chi connectivity index (χ4v) is 3.90. The quantitative estimate of drug-likeness (QED) is 0.456. The molecule has 0 atom stereocenters. The summed E-state index contributed by atoms with van der Waals surface area (Å²) in [5, 5.41) is 0.143. The summed E-state index contributed by atoms with van der Waals surface area (Å²) in [5.41, 5.74) is 0.640. The molecule has 6 nitrogen and oxygen atoms in total. The van der Waals surface area contributed by atoms with E-state index in [2.05, 4.69) is 14.7 Å². The third-order valence-corrected chi connectivity index (χ3v) is 5.92. The molecule has 2 aromatic heterocycles. The zero-order valence-corrected chi connectivity index (χ0v) is 18.1. The number of sulfonamides is 1. The van der Waals surface area contributed by atoms with Crippen LogP contribution in [0.4, 0.5) is 10.1 Å². The van der Waals surface area contributed by atoms with Crippen LogP contribution in [0.3, 0.4) is 0 Å². The number of benzene rings is 1. The minimum Gasteiger partial charge on any atom is -0.287 e. The molecule has 0 amide bonds. The lowest BCUT2D eigenvalue weighted by Gasteiger charge is -2.19. The van der Waals surface area contributed by atoms with Crippen LogP contribution in [0.15, 0.2) is 59.8 Å². The Morgan fingerprint density at radius 2 is 1.70 bits per heavy atom. The number of rotatable bonds is 5. The number of nitrogens with one attached hydrogen (secondary N) is 1. The number of halogens is 2. The molecule has 0 bridgehead atoms. The number of hydrogen-bond acceptors (Lipinski definition) is 5. The van der Waals surface area contributed by atoms with E-state index in [0.717, 1.165) is 17.8 Å². The van der Waals surface area contributed by atoms with Crippen LogP contribution in [0.5, 0.6) is 0 Å². The fraction of sp³-hybridized carbons (Fsp3) is 0.190. The Hall–Kier alpha value is -2.84. The van der Waals surface area contributed by atoms with Gasteiger partial charge in [0.15, 0.2) is 0 Å². The highest BCUT2D eigenvalue weighted by atomic mass is 35.5. The number of pyridine rings is 2. The number of anilines is 1. The Morgan fingerprint density at radius 1 is 1.03 bits per heavy atom. The maximum atomic E-state index is 13.0. The average Bonchev–Trinajstić information content (AvgIpc) is 2.67. The van der Waals surface area contributed by atoms with Crippen LogP contribution in [0, 0.1) is 5.95 Å². The van der Waals surface area contributed by atoms with Crippen molar-refractivity contribution in [3.05, 3.63) is 82.6 Å². The summed E-state index contributed by atoms with van der Waals surface area (Å²) in [6.07, 6.45) is 2.28. The highest BCUT2D eigenvalue weighted by molar-refractivity contribution is 7.92. The molecule has 3 rings (SSSR count). The second-order valence-corrected chi connectivity index (χ2v) is 9.75. The molecule has 9 heteroatoms. The summed E-state index contributed by atoms with van der Waals surface area (Å²) in [4.78, 5) is 20.2. The van der Waals surface area contributed by atoms with E-state index in [1.54, 1.807) is 12.1 Å². The molecule has 1 N–H and O–H groups in total. The van der Waals surface area contributed by atoms with Gasteiger partial charge >= 0.3 is 0 Å². The fourth-order valence-electron chi connectivity index (χ4n) is 2.68. The van der Waals surface area contributed by atoms with Gasteiger partial charge in [0.25, 0.3) is 10.0 Å². The lowest BCUT2D eigenvalue weighted by Crippen LogP contribution is -2.18. The molecule has 0 saturated heterocycles. The van der Waals surface area contributed by atoms with Crippen LogP contribution in [0.2, 0.25) is 5.02 Å². The van der Waals surface area contributed by atoms with Crippen molar-refractivity contribution in [1.82, 2.24) is 9.97 Å². The van der Waals surface area contributed by atoms with Crippen molar-refractivity contribution < 1.29 is 17.6 Å². The van der Waals surface area contributed by atoms with Crippen molar-refractivity contribution in [2.75, 3.05) is 4.72 Å². The van der Waals surface area contributed by atoms with Crippen LogP contribution in [0.25, 0.3) is 0 Å². The molecular formula is C21H19ClFN3O3S. The molecule has 0 spiro atoms. The highest BCUT2D eigenvalue weighted by Crippen LogP contribution is 2.26. The minimum absolute atomic E-state index is 0.0253. The van der Waals surface area contributed by atoms with E-state index < -0.39 is 21.8 Å². The van der Waals surface area contributed by atoms with Crippen molar-refractivity contribution in [2.45, 2.75) is 31.1 Å². The lowest BCUT2D eigenvalue weighted by molar-refractivity contribution is 0.103. The standard InChI is InChI=1S/C21H19ClFN3O3S/c1-21(2,3)14-5-7-16(8-6-14)30(28,29)26-17-10-15(22)12-25-19(17)20(27)13-4-9-18(23)24-11-13/h4-12,26H,1-3H3. The predicted octanol–water partition coefficient (Wildman–Crippen LogP) is 4.60. The van der Waals surface area contributed by atoms with Gasteiger partial charge in [0.1, 0.15) is 5.69 Å². The molecule has 2 heterocycles. The second-order valence-electron chi connectivity index (χ2n) is 7.63. The molecule has 0 saturated carbocycles. The van der Waals surface area contributed by atoms with Gasteiger partial charge in [0.2, 0.25) is 11.7 Å². The first-order valence-corrected chi connectivity index (χ1v) is 10.8. The van der Waals surface area contributed by atoms with E-state index in [-0.39, 0.29) is 32.3 Å². The first-order chi connectivity index (χ1) is 14.0. The summed E-state index contributed by atoms with van der Waals surface area (Å²) in [7, 11) is -4.01. The predicted molar refractivity (Wildman–Crippen MR) is 113 cm³/mol. The van der Waals surface area contributed by atoms with Gasteiger partial charge in [-0.1, -0.05) is 44.5 Å². The van der Waals surface area contributed by atoms with E-state index in [1.165, 1.54) is 30.5 Å². The van der Waals surface area contributed by atoms with Crippen LogP contribution in [-0.2, 0) is 15.4 Å². The van der Waals surface area contributed by atoms with E-state index >= 15 is 0 Å². The number of hydrogen-bond donors (Lipinski definition) is 1. The van der Waals surface area contributed by atoms with Crippen LogP contribution in [0.1, 0.15) is 42.4 Å². The van der Waals surface area contributed by atoms with Crippen molar-refractivity contribution >= 4 is 33.1 Å². The monoisotopic (exact) mass is 447 g/mol. The number of ketones is 1. The van der Waals surface area contributed by atoms with Gasteiger partial charge in [-0.15, -0.1) is 0 Å². The van der Waals surface area contributed by atoms with E-state index in [9.17, 15) is 17.6 Å². The van der Waals surface area contributed by atoms with Crippen molar-refractivity contribution in [1.29, 1.82) is 0 Å². The molecular weight excluding hydrogens is 429 g/mol. The average molecular weight is 448 g/mol. The number of carbonyl (C=O) groups is 1. The molecule has 30 heavy (non-hydrogen) atoms. The Kier molecular flexibility index (Phi) is 5.92. The number of nitrogens with zero attached hydrogens (tertiary/aromatic N) is 2. The number of aromatic nitrogens is 2. The molecule has 0 aliphatic carbocycles. The molecule has 156 valence electrons. The van der Waals surface area contributed by atoms with Crippen LogP contribution in [-0.4, -0.2) is 24.2 Å². The summed E-state index contributed by atoms with van der Waals surface area (Å²) >= 11 is 5.96. The van der Waals surface area contributed by atoms with Gasteiger partial charge in [0, 0.05) is 18.0 Å². The van der Waals surface area contributed by atoms with Crippen molar-refractivity contribution in [3.63, 3.8) is 0 Å². The van der Waals surface area contributed by atoms with Gasteiger partial charge in [0.05, 0.1) is 15.6 Å². The van der Waals surface area contributed by atoms with Crippen molar-refractivity contribution in [3.8, 4) is 0 Å². The Bertz CT molecular complexity index is 1190. The largest absolute Gasteiger partial charge is 0.287 e. The van der Waals surface area contributed by atoms with Gasteiger partial charge in [-0.3, -0.25) is 9.52 Å². The topological polar surface area (TPSA) is 89.0 Å². The van der Waals surface area contributed by atoms with Gasteiger partial charge in [-0.05, 0) is 41.3 Å². The maximum absolute atomic E-state index is 13.0. The molecule has 3 aromatic rings. The van der Waals surface area contributed by atoms with Gasteiger partial charge in [-0.25, -0.2) is 18.4 Å². The second kappa shape index (κ2) is 8.12. The van der Waals surface area contributed by atoms with Crippen molar-refractivity contribution in [2.24, 2.45) is 0 Å². The number of carbonyl (C=O) groups excluding carboxylic acids is 1. The Labute approximate surface area is 179 Å². The lowest BCUT2D eigenvalue weighted by atomic mass is 9.87. The molecule has 1 aromatic carbocycles.